The molecule has 1 aliphatic heterocycles. The summed E-state index contributed by atoms with van der Waals surface area (Å²) in [5.74, 6) is 0.942. The average molecular weight is 321 g/mol. The van der Waals surface area contributed by atoms with Crippen LogP contribution >= 0.6 is 0 Å². The Bertz CT molecular complexity index is 671. The van der Waals surface area contributed by atoms with Crippen molar-refractivity contribution >= 4 is 12.0 Å². The number of hydrogen-bond acceptors (Lipinski definition) is 2. The van der Waals surface area contributed by atoms with Gasteiger partial charge in [-0.15, -0.1) is 0 Å². The molecule has 2 aromatic rings. The number of hydrogen-bond donors (Lipinski definition) is 0. The lowest BCUT2D eigenvalue weighted by molar-refractivity contribution is -0.126. The predicted octanol–water partition coefficient (Wildman–Crippen LogP) is 4.29. The van der Waals surface area contributed by atoms with Crippen LogP contribution in [0.1, 0.15) is 30.4 Å². The van der Waals surface area contributed by atoms with Gasteiger partial charge in [-0.05, 0) is 48.6 Å². The Morgan fingerprint density at radius 2 is 1.67 bits per heavy atom. The minimum atomic E-state index is 0.110. The minimum Gasteiger partial charge on any atom is -0.489 e. The molecule has 0 aliphatic carbocycles. The van der Waals surface area contributed by atoms with Gasteiger partial charge in [0.1, 0.15) is 12.4 Å². The van der Waals surface area contributed by atoms with Crippen molar-refractivity contribution in [3.63, 3.8) is 0 Å². The van der Waals surface area contributed by atoms with Gasteiger partial charge in [-0.1, -0.05) is 42.5 Å². The van der Waals surface area contributed by atoms with Gasteiger partial charge in [-0.3, -0.25) is 4.79 Å². The molecule has 124 valence electrons. The maximum Gasteiger partial charge on any atom is 0.246 e. The second-order valence-corrected chi connectivity index (χ2v) is 6.06. The summed E-state index contributed by atoms with van der Waals surface area (Å²) in [4.78, 5) is 14.0. The topological polar surface area (TPSA) is 29.5 Å². The Balaban J connectivity index is 1.52. The number of likely N-dealkylation sites (tertiary alicyclic amines) is 1. The van der Waals surface area contributed by atoms with Gasteiger partial charge in [0.2, 0.25) is 5.91 Å². The van der Waals surface area contributed by atoms with Gasteiger partial charge in [0.15, 0.2) is 0 Å². The molecule has 3 nitrogen and oxygen atoms in total. The zero-order valence-corrected chi connectivity index (χ0v) is 13.9. The molecule has 1 heterocycles. The van der Waals surface area contributed by atoms with E-state index in [1.54, 1.807) is 6.08 Å². The highest BCUT2D eigenvalue weighted by molar-refractivity contribution is 5.91. The molecular formula is C21H23NO2. The quantitative estimate of drug-likeness (QED) is 0.769. The van der Waals surface area contributed by atoms with Gasteiger partial charge >= 0.3 is 0 Å². The largest absolute Gasteiger partial charge is 0.489 e. The van der Waals surface area contributed by atoms with E-state index in [2.05, 4.69) is 0 Å². The third kappa shape index (κ3) is 4.72. The number of rotatable bonds is 5. The minimum absolute atomic E-state index is 0.110. The van der Waals surface area contributed by atoms with Crippen molar-refractivity contribution in [2.24, 2.45) is 0 Å². The number of benzene rings is 2. The maximum atomic E-state index is 12.1. The van der Waals surface area contributed by atoms with E-state index in [0.29, 0.717) is 6.61 Å². The van der Waals surface area contributed by atoms with Crippen LogP contribution < -0.4 is 4.74 Å². The molecule has 1 aliphatic rings. The summed E-state index contributed by atoms with van der Waals surface area (Å²) in [7, 11) is 0. The summed E-state index contributed by atoms with van der Waals surface area (Å²) < 4.78 is 5.77. The number of carbonyl (C=O) groups is 1. The van der Waals surface area contributed by atoms with E-state index in [-0.39, 0.29) is 5.91 Å². The van der Waals surface area contributed by atoms with Crippen molar-refractivity contribution in [2.45, 2.75) is 25.9 Å². The SMILES string of the molecule is O=C(/C=C/c1ccc(OCc2ccccc2)cc1)N1CCCCC1. The van der Waals surface area contributed by atoms with Crippen molar-refractivity contribution in [3.8, 4) is 5.75 Å². The van der Waals surface area contributed by atoms with Gasteiger partial charge in [0.25, 0.3) is 0 Å². The molecule has 3 rings (SSSR count). The molecule has 3 heteroatoms. The van der Waals surface area contributed by atoms with E-state index in [4.69, 9.17) is 4.74 Å². The van der Waals surface area contributed by atoms with E-state index >= 15 is 0 Å². The Hall–Kier alpha value is -2.55. The van der Waals surface area contributed by atoms with E-state index in [1.807, 2.05) is 65.6 Å². The number of nitrogens with zero attached hydrogens (tertiary/aromatic N) is 1. The molecule has 1 fully saturated rings. The van der Waals surface area contributed by atoms with Crippen LogP contribution in [0.25, 0.3) is 6.08 Å². The maximum absolute atomic E-state index is 12.1. The number of carbonyl (C=O) groups excluding carboxylic acids is 1. The summed E-state index contributed by atoms with van der Waals surface area (Å²) >= 11 is 0. The molecule has 0 aromatic heterocycles. The molecule has 0 radical (unpaired) electrons. The third-order valence-electron chi connectivity index (χ3n) is 4.21. The normalized spacial score (nSPS) is 14.8. The van der Waals surface area contributed by atoms with Crippen LogP contribution in [-0.2, 0) is 11.4 Å². The van der Waals surface area contributed by atoms with Crippen LogP contribution in [0.5, 0.6) is 5.75 Å². The highest BCUT2D eigenvalue weighted by Gasteiger charge is 2.13. The molecule has 1 saturated heterocycles. The van der Waals surface area contributed by atoms with Gasteiger partial charge in [0, 0.05) is 19.2 Å². The van der Waals surface area contributed by atoms with Crippen LogP contribution in [-0.4, -0.2) is 23.9 Å². The van der Waals surface area contributed by atoms with E-state index in [1.165, 1.54) is 6.42 Å². The molecule has 24 heavy (non-hydrogen) atoms. The van der Waals surface area contributed by atoms with Gasteiger partial charge in [-0.25, -0.2) is 0 Å². The van der Waals surface area contributed by atoms with Crippen LogP contribution in [0, 0.1) is 0 Å². The fourth-order valence-electron chi connectivity index (χ4n) is 2.80. The first-order chi connectivity index (χ1) is 11.8. The first-order valence-electron chi connectivity index (χ1n) is 8.55. The second kappa shape index (κ2) is 8.34. The van der Waals surface area contributed by atoms with E-state index in [9.17, 15) is 4.79 Å². The fraction of sp³-hybridized carbons (Fsp3) is 0.286. The second-order valence-electron chi connectivity index (χ2n) is 6.06. The summed E-state index contributed by atoms with van der Waals surface area (Å²) in [6.07, 6.45) is 7.01. The lowest BCUT2D eigenvalue weighted by atomic mass is 10.1. The average Bonchev–Trinajstić information content (AvgIpc) is 2.67. The Labute approximate surface area is 143 Å². The standard InChI is InChI=1S/C21H23NO2/c23-21(22-15-5-2-6-16-22)14-11-18-9-12-20(13-10-18)24-17-19-7-3-1-4-8-19/h1,3-4,7-14H,2,5-6,15-17H2/b14-11+. The monoisotopic (exact) mass is 321 g/mol. The highest BCUT2D eigenvalue weighted by atomic mass is 16.5. The first kappa shape index (κ1) is 16.3. The zero-order chi connectivity index (χ0) is 16.6. The van der Waals surface area contributed by atoms with Crippen LogP contribution in [0.2, 0.25) is 0 Å². The third-order valence-corrected chi connectivity index (χ3v) is 4.21. The molecular weight excluding hydrogens is 298 g/mol. The smallest absolute Gasteiger partial charge is 0.246 e. The molecule has 0 unspecified atom stereocenters. The van der Waals surface area contributed by atoms with Crippen LogP contribution in [0.3, 0.4) is 0 Å². The lowest BCUT2D eigenvalue weighted by Crippen LogP contribution is -2.34. The summed E-state index contributed by atoms with van der Waals surface area (Å²) in [5.41, 5.74) is 2.15. The molecule has 2 aromatic carbocycles. The first-order valence-corrected chi connectivity index (χ1v) is 8.55. The number of ether oxygens (including phenoxy) is 1. The fourth-order valence-corrected chi connectivity index (χ4v) is 2.80. The van der Waals surface area contributed by atoms with Crippen molar-refractivity contribution < 1.29 is 9.53 Å². The van der Waals surface area contributed by atoms with Crippen LogP contribution in [0.4, 0.5) is 0 Å². The van der Waals surface area contributed by atoms with Crippen molar-refractivity contribution in [2.75, 3.05) is 13.1 Å². The molecule has 0 saturated carbocycles. The molecule has 1 amide bonds. The molecule has 0 bridgehead atoms. The van der Waals surface area contributed by atoms with Crippen molar-refractivity contribution in [1.82, 2.24) is 4.90 Å². The van der Waals surface area contributed by atoms with Crippen molar-refractivity contribution in [3.05, 3.63) is 71.8 Å². The predicted molar refractivity (Wildman–Crippen MR) is 96.7 cm³/mol. The summed E-state index contributed by atoms with van der Waals surface area (Å²) in [6, 6.07) is 17.9. The Morgan fingerprint density at radius 3 is 2.38 bits per heavy atom. The Kier molecular flexibility index (Phi) is 5.67. The van der Waals surface area contributed by atoms with Gasteiger partial charge in [0.05, 0.1) is 0 Å². The molecule has 0 atom stereocenters. The van der Waals surface area contributed by atoms with Crippen LogP contribution in [0.15, 0.2) is 60.7 Å². The molecule has 0 N–H and O–H groups in total. The molecule has 0 spiro atoms. The summed E-state index contributed by atoms with van der Waals surface area (Å²) in [5, 5.41) is 0. The number of piperidine rings is 1. The Morgan fingerprint density at radius 1 is 0.958 bits per heavy atom. The summed E-state index contributed by atoms with van der Waals surface area (Å²) in [6.45, 7) is 2.33. The van der Waals surface area contributed by atoms with Crippen molar-refractivity contribution in [1.29, 1.82) is 0 Å². The van der Waals surface area contributed by atoms with E-state index in [0.717, 1.165) is 42.8 Å². The van der Waals surface area contributed by atoms with Gasteiger partial charge in [-0.2, -0.15) is 0 Å². The van der Waals surface area contributed by atoms with E-state index < -0.39 is 0 Å². The highest BCUT2D eigenvalue weighted by Crippen LogP contribution is 2.15. The lowest BCUT2D eigenvalue weighted by Gasteiger charge is -2.25. The number of amides is 1. The zero-order valence-electron chi connectivity index (χ0n) is 13.9. The van der Waals surface area contributed by atoms with Gasteiger partial charge < -0.3 is 9.64 Å².